The van der Waals surface area contributed by atoms with Gasteiger partial charge in [-0.2, -0.15) is 15.0 Å². The monoisotopic (exact) mass is 515 g/mol. The molecule has 0 aliphatic carbocycles. The number of halogens is 4. The molecule has 8 nitrogen and oxygen atoms in total. The van der Waals surface area contributed by atoms with Gasteiger partial charge in [-0.25, -0.2) is 22.5 Å². The lowest BCUT2D eigenvalue weighted by molar-refractivity contribution is 0.0220. The van der Waals surface area contributed by atoms with Crippen molar-refractivity contribution in [3.8, 4) is 5.95 Å². The van der Waals surface area contributed by atoms with Crippen molar-refractivity contribution < 1.29 is 22.3 Å². The summed E-state index contributed by atoms with van der Waals surface area (Å²) in [5, 5.41) is 6.30. The summed E-state index contributed by atoms with van der Waals surface area (Å²) in [5.74, 6) is -1.64. The molecule has 0 bridgehead atoms. The third-order valence-electron chi connectivity index (χ3n) is 5.97. The van der Waals surface area contributed by atoms with E-state index < -0.39 is 35.5 Å². The Morgan fingerprint density at radius 3 is 2.51 bits per heavy atom. The first-order chi connectivity index (χ1) is 17.7. The number of nitrogens with zero attached hydrogens (tertiary/aromatic N) is 5. The molecule has 1 aliphatic heterocycles. The fraction of sp³-hybridized carbons (Fsp3) is 0.360. The molecule has 5 rings (SSSR count). The number of morpholine rings is 1. The zero-order valence-corrected chi connectivity index (χ0v) is 20.2. The van der Waals surface area contributed by atoms with Crippen molar-refractivity contribution in [2.24, 2.45) is 0 Å². The number of hydrogen-bond donors (Lipinski definition) is 2. The predicted molar refractivity (Wildman–Crippen MR) is 129 cm³/mol. The minimum atomic E-state index is -2.89. The van der Waals surface area contributed by atoms with Crippen LogP contribution in [0.1, 0.15) is 43.6 Å². The number of alkyl halides is 2. The van der Waals surface area contributed by atoms with Gasteiger partial charge in [-0.3, -0.25) is 4.57 Å². The van der Waals surface area contributed by atoms with Gasteiger partial charge in [-0.15, -0.1) is 0 Å². The van der Waals surface area contributed by atoms with E-state index in [-0.39, 0.29) is 29.7 Å². The summed E-state index contributed by atoms with van der Waals surface area (Å²) in [7, 11) is 0. The van der Waals surface area contributed by atoms with Crippen LogP contribution < -0.4 is 10.6 Å². The van der Waals surface area contributed by atoms with Gasteiger partial charge in [0.15, 0.2) is 11.6 Å². The number of para-hydroxylation sites is 2. The first kappa shape index (κ1) is 25.0. The van der Waals surface area contributed by atoms with E-state index in [0.29, 0.717) is 30.7 Å². The number of anilines is 1. The Kier molecular flexibility index (Phi) is 6.78. The SMILES string of the molecule is CC(C)(Cc1c(F)cccc1F)Nc1nc(C2CNCCO2)nc(-n2c(C(F)F)nc3ccccc32)n1. The second kappa shape index (κ2) is 10.0. The van der Waals surface area contributed by atoms with Crippen LogP contribution in [0.15, 0.2) is 42.5 Å². The topological polar surface area (TPSA) is 89.8 Å². The van der Waals surface area contributed by atoms with E-state index >= 15 is 0 Å². The van der Waals surface area contributed by atoms with Crippen LogP contribution in [0.25, 0.3) is 17.0 Å². The number of hydrogen-bond acceptors (Lipinski definition) is 7. The van der Waals surface area contributed by atoms with Crippen molar-refractivity contribution in [3.05, 3.63) is 71.3 Å². The Hall–Kier alpha value is -3.64. The maximum atomic E-state index is 14.3. The highest BCUT2D eigenvalue weighted by atomic mass is 19.3. The number of fused-ring (bicyclic) bond motifs is 1. The Balaban J connectivity index is 1.59. The number of benzene rings is 2. The van der Waals surface area contributed by atoms with Crippen LogP contribution in [0.4, 0.5) is 23.5 Å². The molecule has 194 valence electrons. The molecule has 0 radical (unpaired) electrons. The molecule has 37 heavy (non-hydrogen) atoms. The largest absolute Gasteiger partial charge is 0.368 e. The van der Waals surface area contributed by atoms with Crippen molar-refractivity contribution in [2.45, 2.75) is 38.3 Å². The van der Waals surface area contributed by atoms with Gasteiger partial charge in [0.25, 0.3) is 6.43 Å². The Bertz CT molecular complexity index is 1400. The fourth-order valence-electron chi connectivity index (χ4n) is 4.30. The lowest BCUT2D eigenvalue weighted by atomic mass is 9.94. The zero-order valence-electron chi connectivity index (χ0n) is 20.2. The number of rotatable bonds is 7. The molecule has 2 N–H and O–H groups in total. The molecule has 1 atom stereocenters. The van der Waals surface area contributed by atoms with Crippen molar-refractivity contribution in [2.75, 3.05) is 25.0 Å². The maximum Gasteiger partial charge on any atom is 0.296 e. The van der Waals surface area contributed by atoms with E-state index in [1.165, 1.54) is 22.8 Å². The number of aromatic nitrogens is 5. The molecular formula is C25H25F4N7O. The van der Waals surface area contributed by atoms with E-state index in [9.17, 15) is 17.6 Å². The summed E-state index contributed by atoms with van der Waals surface area (Å²) >= 11 is 0. The van der Waals surface area contributed by atoms with E-state index in [1.807, 2.05) is 0 Å². The van der Waals surface area contributed by atoms with Crippen molar-refractivity contribution in [1.82, 2.24) is 29.8 Å². The third kappa shape index (κ3) is 5.25. The molecule has 2 aromatic carbocycles. The van der Waals surface area contributed by atoms with Crippen LogP contribution in [0.2, 0.25) is 0 Å². The molecule has 0 spiro atoms. The predicted octanol–water partition coefficient (Wildman–Crippen LogP) is 4.52. The fourth-order valence-corrected chi connectivity index (χ4v) is 4.30. The molecule has 1 unspecified atom stereocenters. The lowest BCUT2D eigenvalue weighted by Gasteiger charge is -2.28. The van der Waals surface area contributed by atoms with Crippen LogP contribution in [0.5, 0.6) is 0 Å². The van der Waals surface area contributed by atoms with Gasteiger partial charge < -0.3 is 15.4 Å². The average molecular weight is 516 g/mol. The minimum Gasteiger partial charge on any atom is -0.368 e. The second-order valence-electron chi connectivity index (χ2n) is 9.36. The Morgan fingerprint density at radius 2 is 1.81 bits per heavy atom. The lowest BCUT2D eigenvalue weighted by Crippen LogP contribution is -2.37. The van der Waals surface area contributed by atoms with Gasteiger partial charge in [0, 0.05) is 30.6 Å². The molecule has 12 heteroatoms. The van der Waals surface area contributed by atoms with Gasteiger partial charge in [0.1, 0.15) is 17.7 Å². The summed E-state index contributed by atoms with van der Waals surface area (Å²) in [5.41, 5.74) is -0.251. The molecule has 0 amide bonds. The van der Waals surface area contributed by atoms with Crippen LogP contribution in [0.3, 0.4) is 0 Å². The van der Waals surface area contributed by atoms with Crippen LogP contribution in [-0.4, -0.2) is 49.7 Å². The zero-order chi connectivity index (χ0) is 26.2. The molecule has 0 saturated carbocycles. The Morgan fingerprint density at radius 1 is 1.05 bits per heavy atom. The van der Waals surface area contributed by atoms with Gasteiger partial charge in [0.2, 0.25) is 11.9 Å². The number of ether oxygens (including phenoxy) is 1. The summed E-state index contributed by atoms with van der Waals surface area (Å²) in [4.78, 5) is 17.5. The first-order valence-electron chi connectivity index (χ1n) is 11.8. The molecule has 1 fully saturated rings. The van der Waals surface area contributed by atoms with Gasteiger partial charge in [-0.05, 0) is 38.1 Å². The van der Waals surface area contributed by atoms with Crippen LogP contribution in [-0.2, 0) is 11.2 Å². The number of imidazole rings is 1. The average Bonchev–Trinajstić information content (AvgIpc) is 3.27. The molecular weight excluding hydrogens is 490 g/mol. The standard InChI is InChI=1S/C25H25F4N7O/c1-25(2,12-14-15(26)6-5-7-16(14)27)35-23-32-21(19-13-30-10-11-37-19)33-24(34-23)36-18-9-4-3-8-17(18)31-22(36)20(28)29/h3-9,19-20,30H,10-13H2,1-2H3,(H,32,33,34,35). The highest BCUT2D eigenvalue weighted by Gasteiger charge is 2.28. The van der Waals surface area contributed by atoms with E-state index in [2.05, 4.69) is 30.6 Å². The summed E-state index contributed by atoms with van der Waals surface area (Å²) < 4.78 is 63.7. The van der Waals surface area contributed by atoms with Crippen LogP contribution >= 0.6 is 0 Å². The molecule has 2 aromatic heterocycles. The normalized spacial score (nSPS) is 16.5. The van der Waals surface area contributed by atoms with Gasteiger partial charge in [0.05, 0.1) is 17.6 Å². The van der Waals surface area contributed by atoms with Crippen molar-refractivity contribution in [3.63, 3.8) is 0 Å². The van der Waals surface area contributed by atoms with E-state index in [0.717, 1.165) is 0 Å². The van der Waals surface area contributed by atoms with Crippen molar-refractivity contribution in [1.29, 1.82) is 0 Å². The maximum absolute atomic E-state index is 14.3. The highest BCUT2D eigenvalue weighted by Crippen LogP contribution is 2.29. The minimum absolute atomic E-state index is 0.0281. The van der Waals surface area contributed by atoms with E-state index in [1.54, 1.807) is 38.1 Å². The first-order valence-corrected chi connectivity index (χ1v) is 11.8. The van der Waals surface area contributed by atoms with Gasteiger partial charge in [-0.1, -0.05) is 18.2 Å². The summed E-state index contributed by atoms with van der Waals surface area (Å²) in [6.07, 6.45) is -3.47. The quantitative estimate of drug-likeness (QED) is 0.350. The van der Waals surface area contributed by atoms with Gasteiger partial charge >= 0.3 is 0 Å². The smallest absolute Gasteiger partial charge is 0.296 e. The highest BCUT2D eigenvalue weighted by molar-refractivity contribution is 5.77. The third-order valence-corrected chi connectivity index (χ3v) is 5.97. The summed E-state index contributed by atoms with van der Waals surface area (Å²) in [6.45, 7) is 4.96. The Labute approximate surface area is 210 Å². The molecule has 1 saturated heterocycles. The van der Waals surface area contributed by atoms with Crippen LogP contribution in [0, 0.1) is 11.6 Å². The summed E-state index contributed by atoms with van der Waals surface area (Å²) in [6, 6.07) is 10.4. The molecule has 3 heterocycles. The molecule has 1 aliphatic rings. The van der Waals surface area contributed by atoms with Crippen molar-refractivity contribution >= 4 is 17.0 Å². The molecule has 4 aromatic rings. The van der Waals surface area contributed by atoms with E-state index in [4.69, 9.17) is 4.74 Å². The second-order valence-corrected chi connectivity index (χ2v) is 9.36. The number of nitrogens with one attached hydrogen (secondary N) is 2.